The standard InChI is InChI=1S/C22H30N2O2/c25-14-20-21(17-11-9-16(10-12-17)15-5-1-2-6-15)19(24-20)13-23-22(26)18-7-3-4-8-18/h5,9-12,18-21,24-25H,1-4,6-8,13-14H2,(H,23,26)/t19-,20+,21+/m0/s1. The van der Waals surface area contributed by atoms with E-state index in [2.05, 4.69) is 41.0 Å². The van der Waals surface area contributed by atoms with Gasteiger partial charge in [-0.3, -0.25) is 4.79 Å². The van der Waals surface area contributed by atoms with Crippen LogP contribution in [-0.2, 0) is 4.79 Å². The van der Waals surface area contributed by atoms with Gasteiger partial charge in [0, 0.05) is 30.5 Å². The molecule has 2 fully saturated rings. The third-order valence-corrected chi connectivity index (χ3v) is 6.42. The van der Waals surface area contributed by atoms with E-state index in [9.17, 15) is 9.90 Å². The molecule has 0 spiro atoms. The van der Waals surface area contributed by atoms with E-state index in [0.717, 1.165) is 12.8 Å². The Bertz CT molecular complexity index is 661. The molecule has 3 atom stereocenters. The van der Waals surface area contributed by atoms with Crippen molar-refractivity contribution in [3.05, 3.63) is 41.5 Å². The van der Waals surface area contributed by atoms with E-state index in [0.29, 0.717) is 6.54 Å². The van der Waals surface area contributed by atoms with Gasteiger partial charge >= 0.3 is 0 Å². The van der Waals surface area contributed by atoms with Crippen molar-refractivity contribution in [1.29, 1.82) is 0 Å². The van der Waals surface area contributed by atoms with Gasteiger partial charge in [-0.25, -0.2) is 0 Å². The molecule has 0 unspecified atom stereocenters. The monoisotopic (exact) mass is 354 g/mol. The van der Waals surface area contributed by atoms with Crippen LogP contribution in [0.2, 0.25) is 0 Å². The van der Waals surface area contributed by atoms with Crippen molar-refractivity contribution in [2.75, 3.05) is 13.2 Å². The molecule has 3 N–H and O–H groups in total. The fraction of sp³-hybridized carbons (Fsp3) is 0.591. The Hall–Kier alpha value is -1.65. The van der Waals surface area contributed by atoms with Gasteiger partial charge in [0.05, 0.1) is 6.61 Å². The molecule has 4 nitrogen and oxygen atoms in total. The summed E-state index contributed by atoms with van der Waals surface area (Å²) < 4.78 is 0. The number of hydrogen-bond acceptors (Lipinski definition) is 3. The number of rotatable bonds is 6. The summed E-state index contributed by atoms with van der Waals surface area (Å²) in [6.45, 7) is 0.772. The van der Waals surface area contributed by atoms with Gasteiger partial charge in [0.25, 0.3) is 0 Å². The van der Waals surface area contributed by atoms with Crippen molar-refractivity contribution < 1.29 is 9.90 Å². The average Bonchev–Trinajstić information content (AvgIpc) is 3.35. The lowest BCUT2D eigenvalue weighted by Gasteiger charge is -2.46. The molecule has 1 saturated carbocycles. The molecule has 1 aromatic carbocycles. The zero-order valence-corrected chi connectivity index (χ0v) is 15.4. The summed E-state index contributed by atoms with van der Waals surface area (Å²) in [7, 11) is 0. The van der Waals surface area contributed by atoms with Crippen LogP contribution in [0.3, 0.4) is 0 Å². The van der Waals surface area contributed by atoms with Crippen molar-refractivity contribution in [3.8, 4) is 0 Å². The Labute approximate surface area is 156 Å². The van der Waals surface area contributed by atoms with Crippen LogP contribution in [-0.4, -0.2) is 36.2 Å². The normalized spacial score (nSPS) is 28.7. The summed E-state index contributed by atoms with van der Waals surface area (Å²) >= 11 is 0. The molecule has 0 bridgehead atoms. The van der Waals surface area contributed by atoms with E-state index >= 15 is 0 Å². The highest BCUT2D eigenvalue weighted by atomic mass is 16.3. The quantitative estimate of drug-likeness (QED) is 0.736. The predicted octanol–water partition coefficient (Wildman–Crippen LogP) is 2.98. The second kappa shape index (κ2) is 7.93. The Morgan fingerprint density at radius 1 is 1.12 bits per heavy atom. The SMILES string of the molecule is O=C(NC[C@@H]1N[C@H](CO)[C@@H]1c1ccc(C2=CCCC2)cc1)C1CCCC1. The average molecular weight is 354 g/mol. The van der Waals surface area contributed by atoms with E-state index < -0.39 is 0 Å². The Balaban J connectivity index is 1.38. The van der Waals surface area contributed by atoms with E-state index in [1.165, 1.54) is 48.8 Å². The highest BCUT2D eigenvalue weighted by molar-refractivity contribution is 5.78. The van der Waals surface area contributed by atoms with E-state index in [1.807, 2.05) is 0 Å². The van der Waals surface area contributed by atoms with Gasteiger partial charge in [0.1, 0.15) is 0 Å². The summed E-state index contributed by atoms with van der Waals surface area (Å²) in [5.74, 6) is 0.677. The molecule has 1 heterocycles. The maximum Gasteiger partial charge on any atom is 0.223 e. The minimum atomic E-state index is 0.0833. The number of aliphatic hydroxyl groups is 1. The Kier molecular flexibility index (Phi) is 5.41. The minimum absolute atomic E-state index is 0.0833. The molecule has 0 radical (unpaired) electrons. The highest BCUT2D eigenvalue weighted by Crippen LogP contribution is 2.34. The first-order valence-electron chi connectivity index (χ1n) is 10.2. The van der Waals surface area contributed by atoms with Gasteiger partial charge in [0.2, 0.25) is 5.91 Å². The topological polar surface area (TPSA) is 61.4 Å². The lowest BCUT2D eigenvalue weighted by Crippen LogP contribution is -2.64. The number of amides is 1. The molecule has 1 saturated heterocycles. The molecule has 2 aliphatic carbocycles. The summed E-state index contributed by atoms with van der Waals surface area (Å²) in [5.41, 5.74) is 4.04. The summed E-state index contributed by atoms with van der Waals surface area (Å²) in [5, 5.41) is 16.2. The second-order valence-corrected chi connectivity index (χ2v) is 8.06. The number of nitrogens with one attached hydrogen (secondary N) is 2. The van der Waals surface area contributed by atoms with Crippen molar-refractivity contribution in [2.45, 2.75) is 62.9 Å². The fourth-order valence-electron chi connectivity index (χ4n) is 4.86. The second-order valence-electron chi connectivity index (χ2n) is 8.06. The molecular weight excluding hydrogens is 324 g/mol. The first kappa shape index (κ1) is 17.7. The van der Waals surface area contributed by atoms with Gasteiger partial charge in [-0.2, -0.15) is 0 Å². The van der Waals surface area contributed by atoms with Gasteiger partial charge in [-0.15, -0.1) is 0 Å². The predicted molar refractivity (Wildman–Crippen MR) is 104 cm³/mol. The maximum absolute atomic E-state index is 12.3. The molecule has 0 aromatic heterocycles. The van der Waals surface area contributed by atoms with Gasteiger partial charge < -0.3 is 15.7 Å². The third kappa shape index (κ3) is 3.58. The summed E-state index contributed by atoms with van der Waals surface area (Å²) in [6.07, 6.45) is 10.4. The zero-order chi connectivity index (χ0) is 17.9. The number of allylic oxidation sites excluding steroid dienone is 2. The molecule has 1 aliphatic heterocycles. The molecule has 1 amide bonds. The first-order chi connectivity index (χ1) is 12.8. The molecule has 4 heteroatoms. The molecule has 3 aliphatic rings. The van der Waals surface area contributed by atoms with Crippen LogP contribution in [0, 0.1) is 5.92 Å². The van der Waals surface area contributed by atoms with Crippen LogP contribution in [0.4, 0.5) is 0 Å². The fourth-order valence-corrected chi connectivity index (χ4v) is 4.86. The van der Waals surface area contributed by atoms with E-state index in [1.54, 1.807) is 0 Å². The maximum atomic E-state index is 12.3. The number of aliphatic hydroxyl groups excluding tert-OH is 1. The molecule has 4 rings (SSSR count). The minimum Gasteiger partial charge on any atom is -0.395 e. The van der Waals surface area contributed by atoms with Crippen LogP contribution < -0.4 is 10.6 Å². The van der Waals surface area contributed by atoms with Crippen LogP contribution >= 0.6 is 0 Å². The van der Waals surface area contributed by atoms with Crippen molar-refractivity contribution >= 4 is 11.5 Å². The summed E-state index contributed by atoms with van der Waals surface area (Å²) in [4.78, 5) is 12.3. The van der Waals surface area contributed by atoms with Crippen molar-refractivity contribution in [2.24, 2.45) is 5.92 Å². The van der Waals surface area contributed by atoms with Crippen molar-refractivity contribution in [1.82, 2.24) is 10.6 Å². The van der Waals surface area contributed by atoms with E-state index in [4.69, 9.17) is 0 Å². The highest BCUT2D eigenvalue weighted by Gasteiger charge is 2.41. The van der Waals surface area contributed by atoms with Crippen LogP contribution in [0.25, 0.3) is 5.57 Å². The number of benzene rings is 1. The van der Waals surface area contributed by atoms with Crippen LogP contribution in [0.5, 0.6) is 0 Å². The lowest BCUT2D eigenvalue weighted by atomic mass is 9.77. The number of carbonyl (C=O) groups is 1. The number of carbonyl (C=O) groups excluding carboxylic acids is 1. The summed E-state index contributed by atoms with van der Waals surface area (Å²) in [6, 6.07) is 9.12. The lowest BCUT2D eigenvalue weighted by molar-refractivity contribution is -0.125. The Morgan fingerprint density at radius 2 is 1.88 bits per heavy atom. The Morgan fingerprint density at radius 3 is 2.54 bits per heavy atom. The van der Waals surface area contributed by atoms with Gasteiger partial charge in [-0.1, -0.05) is 43.2 Å². The van der Waals surface area contributed by atoms with Gasteiger partial charge in [0.15, 0.2) is 0 Å². The molecule has 140 valence electrons. The molecule has 1 aromatic rings. The van der Waals surface area contributed by atoms with Gasteiger partial charge in [-0.05, 0) is 48.8 Å². The zero-order valence-electron chi connectivity index (χ0n) is 15.4. The first-order valence-corrected chi connectivity index (χ1v) is 10.2. The molecular formula is C22H30N2O2. The largest absolute Gasteiger partial charge is 0.395 e. The van der Waals surface area contributed by atoms with Crippen molar-refractivity contribution in [3.63, 3.8) is 0 Å². The van der Waals surface area contributed by atoms with Crippen LogP contribution in [0.1, 0.15) is 62.0 Å². The smallest absolute Gasteiger partial charge is 0.223 e. The molecule has 26 heavy (non-hydrogen) atoms. The third-order valence-electron chi connectivity index (χ3n) is 6.42. The van der Waals surface area contributed by atoms with Crippen LogP contribution in [0.15, 0.2) is 30.3 Å². The van der Waals surface area contributed by atoms with E-state index in [-0.39, 0.29) is 36.4 Å². The number of hydrogen-bond donors (Lipinski definition) is 3.